The number of ether oxygens (including phenoxy) is 3. The highest BCUT2D eigenvalue weighted by molar-refractivity contribution is 6.02. The fourth-order valence-electron chi connectivity index (χ4n) is 3.59. The fourth-order valence-corrected chi connectivity index (χ4v) is 3.59. The molecular weight excluding hydrogens is 380 g/mol. The van der Waals surface area contributed by atoms with Gasteiger partial charge in [-0.15, -0.1) is 0 Å². The molecule has 0 radical (unpaired) electrons. The van der Waals surface area contributed by atoms with E-state index in [0.717, 1.165) is 5.56 Å². The lowest BCUT2D eigenvalue weighted by Gasteiger charge is -2.39. The van der Waals surface area contributed by atoms with Gasteiger partial charge in [0.1, 0.15) is 47.2 Å². The van der Waals surface area contributed by atoms with E-state index in [9.17, 15) is 25.2 Å². The lowest BCUT2D eigenvalue weighted by atomic mass is 9.95. The first-order chi connectivity index (χ1) is 13.8. The first-order valence-corrected chi connectivity index (χ1v) is 9.33. The minimum Gasteiger partial charge on any atom is -0.508 e. The second kappa shape index (κ2) is 7.64. The molecule has 4 unspecified atom stereocenters. The largest absolute Gasteiger partial charge is 0.508 e. The smallest absolute Gasteiger partial charge is 0.229 e. The minimum atomic E-state index is -1.55. The maximum atomic E-state index is 12.9. The van der Waals surface area contributed by atoms with Crippen molar-refractivity contribution in [3.05, 3.63) is 53.6 Å². The van der Waals surface area contributed by atoms with Gasteiger partial charge in [0.15, 0.2) is 5.78 Å². The third-order valence-corrected chi connectivity index (χ3v) is 5.19. The van der Waals surface area contributed by atoms with Crippen molar-refractivity contribution in [3.63, 3.8) is 0 Å². The molecule has 2 aromatic carbocycles. The maximum Gasteiger partial charge on any atom is 0.229 e. The lowest BCUT2D eigenvalue weighted by Crippen LogP contribution is -2.58. The van der Waals surface area contributed by atoms with Gasteiger partial charge in [0.05, 0.1) is 12.5 Å². The van der Waals surface area contributed by atoms with Crippen LogP contribution in [0.15, 0.2) is 42.5 Å². The SMILES string of the molecule is CC1O[C@@H](Oc2cc(O)cc3c2C(=O)CC(c2ccccc2)O3)C(O)C(O)[C@H]1O. The van der Waals surface area contributed by atoms with Crippen LogP contribution < -0.4 is 9.47 Å². The zero-order valence-electron chi connectivity index (χ0n) is 15.6. The van der Waals surface area contributed by atoms with Crippen LogP contribution in [0.1, 0.15) is 35.4 Å². The number of phenolic OH excluding ortho intramolecular Hbond substituents is 1. The molecule has 4 N–H and O–H groups in total. The van der Waals surface area contributed by atoms with E-state index in [1.54, 1.807) is 0 Å². The van der Waals surface area contributed by atoms with Gasteiger partial charge in [0.25, 0.3) is 0 Å². The number of benzene rings is 2. The summed E-state index contributed by atoms with van der Waals surface area (Å²) in [7, 11) is 0. The number of fused-ring (bicyclic) bond motifs is 1. The van der Waals surface area contributed by atoms with Crippen molar-refractivity contribution in [2.24, 2.45) is 0 Å². The number of carbonyl (C=O) groups excluding carboxylic acids is 1. The Balaban J connectivity index is 1.64. The van der Waals surface area contributed by atoms with Gasteiger partial charge in [0.2, 0.25) is 6.29 Å². The van der Waals surface area contributed by atoms with Gasteiger partial charge in [-0.1, -0.05) is 30.3 Å². The van der Waals surface area contributed by atoms with Gasteiger partial charge in [-0.05, 0) is 12.5 Å². The highest BCUT2D eigenvalue weighted by atomic mass is 16.7. The van der Waals surface area contributed by atoms with Crippen molar-refractivity contribution < 1.29 is 39.4 Å². The number of ketones is 1. The Kier molecular flexibility index (Phi) is 5.18. The number of aromatic hydroxyl groups is 1. The summed E-state index contributed by atoms with van der Waals surface area (Å²) in [5.74, 6) is -0.325. The van der Waals surface area contributed by atoms with Crippen molar-refractivity contribution in [1.82, 2.24) is 0 Å². The monoisotopic (exact) mass is 402 g/mol. The first kappa shape index (κ1) is 19.7. The van der Waals surface area contributed by atoms with Crippen LogP contribution in [0.25, 0.3) is 0 Å². The van der Waals surface area contributed by atoms with Crippen molar-refractivity contribution in [3.8, 4) is 17.2 Å². The molecule has 0 aromatic heterocycles. The van der Waals surface area contributed by atoms with E-state index in [1.807, 2.05) is 30.3 Å². The van der Waals surface area contributed by atoms with Gasteiger partial charge in [-0.25, -0.2) is 0 Å². The molecule has 0 spiro atoms. The Hall–Kier alpha value is -2.65. The molecule has 2 heterocycles. The second-order valence-electron chi connectivity index (χ2n) is 7.26. The van der Waals surface area contributed by atoms with Crippen LogP contribution in [0.2, 0.25) is 0 Å². The van der Waals surface area contributed by atoms with Crippen LogP contribution in [0.5, 0.6) is 17.2 Å². The van der Waals surface area contributed by atoms with E-state index in [-0.39, 0.29) is 35.0 Å². The molecule has 4 rings (SSSR count). The molecule has 8 heteroatoms. The summed E-state index contributed by atoms with van der Waals surface area (Å²) in [6, 6.07) is 11.8. The van der Waals surface area contributed by atoms with Crippen molar-refractivity contribution in [2.45, 2.75) is 50.2 Å². The Labute approximate surface area is 166 Å². The topological polar surface area (TPSA) is 126 Å². The predicted octanol–water partition coefficient (Wildman–Crippen LogP) is 1.30. The number of rotatable bonds is 3. The number of hydrogen-bond acceptors (Lipinski definition) is 8. The van der Waals surface area contributed by atoms with Crippen molar-refractivity contribution in [2.75, 3.05) is 0 Å². The van der Waals surface area contributed by atoms with E-state index in [0.29, 0.717) is 0 Å². The van der Waals surface area contributed by atoms with Crippen LogP contribution >= 0.6 is 0 Å². The Morgan fingerprint density at radius 1 is 1.03 bits per heavy atom. The molecule has 1 saturated heterocycles. The second-order valence-corrected chi connectivity index (χ2v) is 7.26. The van der Waals surface area contributed by atoms with Crippen LogP contribution in [0.3, 0.4) is 0 Å². The summed E-state index contributed by atoms with van der Waals surface area (Å²) in [5, 5.41) is 40.0. The van der Waals surface area contributed by atoms with Crippen LogP contribution in [-0.2, 0) is 4.74 Å². The molecule has 6 atom stereocenters. The van der Waals surface area contributed by atoms with Crippen LogP contribution in [0, 0.1) is 0 Å². The Bertz CT molecular complexity index is 899. The molecule has 0 amide bonds. The number of hydrogen-bond donors (Lipinski definition) is 4. The number of phenols is 1. The molecule has 0 saturated carbocycles. The molecule has 2 aromatic rings. The van der Waals surface area contributed by atoms with E-state index in [1.165, 1.54) is 19.1 Å². The van der Waals surface area contributed by atoms with E-state index >= 15 is 0 Å². The summed E-state index contributed by atoms with van der Waals surface area (Å²) in [6.45, 7) is 1.52. The number of Topliss-reactive ketones (excluding diaryl/α,β-unsaturated/α-hetero) is 1. The summed E-state index contributed by atoms with van der Waals surface area (Å²) in [5.41, 5.74) is 0.952. The molecule has 0 bridgehead atoms. The average molecular weight is 402 g/mol. The van der Waals surface area contributed by atoms with Crippen LogP contribution in [-0.4, -0.2) is 56.9 Å². The Morgan fingerprint density at radius 3 is 2.48 bits per heavy atom. The zero-order chi connectivity index (χ0) is 20.7. The van der Waals surface area contributed by atoms with Crippen LogP contribution in [0.4, 0.5) is 0 Å². The fraction of sp³-hybridized carbons (Fsp3) is 0.381. The molecule has 2 aliphatic heterocycles. The Morgan fingerprint density at radius 2 is 1.76 bits per heavy atom. The summed E-state index contributed by atoms with van der Waals surface area (Å²) in [6.07, 6.45) is -6.87. The van der Waals surface area contributed by atoms with Gasteiger partial charge in [-0.2, -0.15) is 0 Å². The van der Waals surface area contributed by atoms with Crippen molar-refractivity contribution in [1.29, 1.82) is 0 Å². The molecule has 2 aliphatic rings. The van der Waals surface area contributed by atoms with E-state index < -0.39 is 36.8 Å². The average Bonchev–Trinajstić information content (AvgIpc) is 2.70. The van der Waals surface area contributed by atoms with Gasteiger partial charge >= 0.3 is 0 Å². The molecular formula is C21H22O8. The molecule has 29 heavy (non-hydrogen) atoms. The minimum absolute atomic E-state index is 0.0312. The van der Waals surface area contributed by atoms with E-state index in [4.69, 9.17) is 14.2 Å². The van der Waals surface area contributed by atoms with Gasteiger partial charge in [0, 0.05) is 12.1 Å². The predicted molar refractivity (Wildman–Crippen MR) is 99.8 cm³/mol. The number of aliphatic hydroxyl groups excluding tert-OH is 3. The zero-order valence-corrected chi connectivity index (χ0v) is 15.6. The van der Waals surface area contributed by atoms with Gasteiger partial charge < -0.3 is 34.6 Å². The third kappa shape index (κ3) is 3.67. The standard InChI is InChI=1S/C21H22O8/c1-10-18(24)19(25)20(26)21(27-10)29-16-8-12(22)7-15-17(16)13(23)9-14(28-15)11-5-3-2-4-6-11/h2-8,10,14,18-22,24-26H,9H2,1H3/t10?,14?,18-,19?,20?,21-/m0/s1. The lowest BCUT2D eigenvalue weighted by molar-refractivity contribution is -0.268. The quantitative estimate of drug-likeness (QED) is 0.605. The number of carbonyl (C=O) groups is 1. The molecule has 154 valence electrons. The molecule has 8 nitrogen and oxygen atoms in total. The number of aliphatic hydroxyl groups is 3. The summed E-state index contributed by atoms with van der Waals surface area (Å²) >= 11 is 0. The third-order valence-electron chi connectivity index (χ3n) is 5.19. The normalized spacial score (nSPS) is 31.7. The summed E-state index contributed by atoms with van der Waals surface area (Å²) in [4.78, 5) is 12.9. The highest BCUT2D eigenvalue weighted by Gasteiger charge is 2.44. The van der Waals surface area contributed by atoms with Gasteiger partial charge in [-0.3, -0.25) is 4.79 Å². The first-order valence-electron chi connectivity index (χ1n) is 9.33. The highest BCUT2D eigenvalue weighted by Crippen LogP contribution is 2.43. The maximum absolute atomic E-state index is 12.9. The van der Waals surface area contributed by atoms with Crippen molar-refractivity contribution >= 4 is 5.78 Å². The summed E-state index contributed by atoms with van der Waals surface area (Å²) < 4.78 is 17.0. The van der Waals surface area contributed by atoms with E-state index in [2.05, 4.69) is 0 Å². The molecule has 1 fully saturated rings. The molecule has 0 aliphatic carbocycles.